The zero-order valence-electron chi connectivity index (χ0n) is 14.7. The van der Waals surface area contributed by atoms with Crippen LogP contribution in [-0.4, -0.2) is 57.7 Å². The van der Waals surface area contributed by atoms with Crippen molar-refractivity contribution in [1.29, 1.82) is 0 Å². The van der Waals surface area contributed by atoms with E-state index in [2.05, 4.69) is 27.3 Å². The Hall–Kier alpha value is -2.24. The van der Waals surface area contributed by atoms with Crippen LogP contribution in [0.3, 0.4) is 0 Å². The molecule has 0 amide bonds. The van der Waals surface area contributed by atoms with E-state index >= 15 is 0 Å². The summed E-state index contributed by atoms with van der Waals surface area (Å²) in [6, 6.07) is 8.10. The zero-order chi connectivity index (χ0) is 17.4. The number of hydrogen-bond acceptors (Lipinski definition) is 4. The number of esters is 1. The van der Waals surface area contributed by atoms with Gasteiger partial charge in [0, 0.05) is 26.7 Å². The Balaban J connectivity index is 1.77. The highest BCUT2D eigenvalue weighted by Gasteiger charge is 2.26. The quantitative estimate of drug-likeness (QED) is 0.505. The van der Waals surface area contributed by atoms with Gasteiger partial charge in [0.05, 0.1) is 20.1 Å². The van der Waals surface area contributed by atoms with Gasteiger partial charge in [-0.05, 0) is 37.0 Å². The SMILES string of the molecule is CN=C(NCCc1ccc(OC)cc1)N1CCC(C(=O)OC)CC1. The molecule has 1 aromatic rings. The molecule has 132 valence electrons. The van der Waals surface area contributed by atoms with Crippen molar-refractivity contribution in [3.05, 3.63) is 29.8 Å². The Morgan fingerprint density at radius 1 is 1.25 bits per heavy atom. The van der Waals surface area contributed by atoms with E-state index in [0.29, 0.717) is 0 Å². The molecule has 1 saturated heterocycles. The molecule has 6 nitrogen and oxygen atoms in total. The highest BCUT2D eigenvalue weighted by atomic mass is 16.5. The largest absolute Gasteiger partial charge is 0.497 e. The Kier molecular flexibility index (Phi) is 6.90. The normalized spacial score (nSPS) is 16.0. The van der Waals surface area contributed by atoms with Crippen molar-refractivity contribution in [2.75, 3.05) is 40.9 Å². The third-order valence-electron chi connectivity index (χ3n) is 4.40. The number of nitrogens with one attached hydrogen (secondary N) is 1. The van der Waals surface area contributed by atoms with E-state index < -0.39 is 0 Å². The van der Waals surface area contributed by atoms with Gasteiger partial charge >= 0.3 is 5.97 Å². The lowest BCUT2D eigenvalue weighted by atomic mass is 9.97. The van der Waals surface area contributed by atoms with Crippen LogP contribution in [0.5, 0.6) is 5.75 Å². The predicted molar refractivity (Wildman–Crippen MR) is 94.4 cm³/mol. The Morgan fingerprint density at radius 2 is 1.92 bits per heavy atom. The number of guanidine groups is 1. The molecule has 1 heterocycles. The van der Waals surface area contributed by atoms with Crippen LogP contribution in [0.15, 0.2) is 29.3 Å². The molecule has 1 aromatic carbocycles. The first kappa shape index (κ1) is 18.1. The summed E-state index contributed by atoms with van der Waals surface area (Å²) in [4.78, 5) is 18.1. The lowest BCUT2D eigenvalue weighted by Gasteiger charge is -2.33. The second-order valence-electron chi connectivity index (χ2n) is 5.86. The van der Waals surface area contributed by atoms with Gasteiger partial charge in [-0.1, -0.05) is 12.1 Å². The lowest BCUT2D eigenvalue weighted by molar-refractivity contribution is -0.146. The van der Waals surface area contributed by atoms with Crippen LogP contribution in [0, 0.1) is 5.92 Å². The summed E-state index contributed by atoms with van der Waals surface area (Å²) in [5.41, 5.74) is 1.25. The standard InChI is InChI=1S/C18H27N3O3/c1-19-18(21-12-9-15(10-13-21)17(22)24-3)20-11-8-14-4-6-16(23-2)7-5-14/h4-7,15H,8-13H2,1-3H3,(H,19,20). The van der Waals surface area contributed by atoms with Crippen LogP contribution in [0.2, 0.25) is 0 Å². The number of aliphatic imine (C=N–C) groups is 1. The summed E-state index contributed by atoms with van der Waals surface area (Å²) in [5, 5.41) is 3.40. The van der Waals surface area contributed by atoms with E-state index in [1.165, 1.54) is 12.7 Å². The highest BCUT2D eigenvalue weighted by Crippen LogP contribution is 2.18. The van der Waals surface area contributed by atoms with Crippen molar-refractivity contribution in [3.63, 3.8) is 0 Å². The highest BCUT2D eigenvalue weighted by molar-refractivity contribution is 5.80. The van der Waals surface area contributed by atoms with Crippen LogP contribution in [0.4, 0.5) is 0 Å². The molecule has 0 saturated carbocycles. The summed E-state index contributed by atoms with van der Waals surface area (Å²) < 4.78 is 10.00. The molecule has 24 heavy (non-hydrogen) atoms. The zero-order valence-corrected chi connectivity index (χ0v) is 14.7. The molecular formula is C18H27N3O3. The first-order chi connectivity index (χ1) is 11.7. The number of piperidine rings is 1. The number of benzene rings is 1. The van der Waals surface area contributed by atoms with Gasteiger partial charge in [0.15, 0.2) is 5.96 Å². The van der Waals surface area contributed by atoms with Crippen molar-refractivity contribution in [3.8, 4) is 5.75 Å². The van der Waals surface area contributed by atoms with Gasteiger partial charge in [0.1, 0.15) is 5.75 Å². The number of likely N-dealkylation sites (tertiary alicyclic amines) is 1. The molecule has 1 aliphatic rings. The molecule has 2 rings (SSSR count). The first-order valence-corrected chi connectivity index (χ1v) is 8.34. The summed E-state index contributed by atoms with van der Waals surface area (Å²) in [5.74, 6) is 1.68. The number of nitrogens with zero attached hydrogens (tertiary/aromatic N) is 2. The number of carbonyl (C=O) groups excluding carboxylic acids is 1. The van der Waals surface area contributed by atoms with E-state index in [-0.39, 0.29) is 11.9 Å². The maximum absolute atomic E-state index is 11.6. The third-order valence-corrected chi connectivity index (χ3v) is 4.40. The topological polar surface area (TPSA) is 63.2 Å². The lowest BCUT2D eigenvalue weighted by Crippen LogP contribution is -2.47. The van der Waals surface area contributed by atoms with Crippen molar-refractivity contribution in [2.24, 2.45) is 10.9 Å². The number of hydrogen-bond donors (Lipinski definition) is 1. The van der Waals surface area contributed by atoms with E-state index in [4.69, 9.17) is 9.47 Å². The molecule has 0 atom stereocenters. The molecule has 1 N–H and O–H groups in total. The summed E-state index contributed by atoms with van der Waals surface area (Å²) in [6.07, 6.45) is 2.54. The molecule has 0 radical (unpaired) electrons. The van der Waals surface area contributed by atoms with Crippen LogP contribution >= 0.6 is 0 Å². The fourth-order valence-electron chi connectivity index (χ4n) is 2.94. The van der Waals surface area contributed by atoms with Crippen LogP contribution in [0.1, 0.15) is 18.4 Å². The molecule has 0 spiro atoms. The minimum atomic E-state index is -0.0999. The minimum absolute atomic E-state index is 0.0173. The number of ether oxygens (including phenoxy) is 2. The van der Waals surface area contributed by atoms with E-state index in [1.54, 1.807) is 14.2 Å². The maximum Gasteiger partial charge on any atom is 0.308 e. The van der Waals surface area contributed by atoms with Gasteiger partial charge < -0.3 is 19.7 Å². The monoisotopic (exact) mass is 333 g/mol. The number of carbonyl (C=O) groups is 1. The molecule has 6 heteroatoms. The third kappa shape index (κ3) is 4.88. The van der Waals surface area contributed by atoms with Crippen LogP contribution < -0.4 is 10.1 Å². The molecule has 0 aromatic heterocycles. The summed E-state index contributed by atoms with van der Waals surface area (Å²) >= 11 is 0. The van der Waals surface area contributed by atoms with Gasteiger partial charge in [-0.25, -0.2) is 0 Å². The van der Waals surface area contributed by atoms with E-state index in [9.17, 15) is 4.79 Å². The summed E-state index contributed by atoms with van der Waals surface area (Å²) in [6.45, 7) is 2.46. The predicted octanol–water partition coefficient (Wildman–Crippen LogP) is 1.70. The molecule has 1 aliphatic heterocycles. The Bertz CT molecular complexity index is 549. The second kappa shape index (κ2) is 9.15. The van der Waals surface area contributed by atoms with Crippen LogP contribution in [0.25, 0.3) is 0 Å². The first-order valence-electron chi connectivity index (χ1n) is 8.34. The van der Waals surface area contributed by atoms with Gasteiger partial charge in [-0.15, -0.1) is 0 Å². The smallest absolute Gasteiger partial charge is 0.308 e. The molecule has 0 bridgehead atoms. The van der Waals surface area contributed by atoms with Crippen LogP contribution in [-0.2, 0) is 16.0 Å². The van der Waals surface area contributed by atoms with Gasteiger partial charge in [0.2, 0.25) is 0 Å². The fourth-order valence-corrected chi connectivity index (χ4v) is 2.94. The second-order valence-corrected chi connectivity index (χ2v) is 5.86. The molecule has 1 fully saturated rings. The van der Waals surface area contributed by atoms with Crippen molar-refractivity contribution < 1.29 is 14.3 Å². The van der Waals surface area contributed by atoms with Crippen molar-refractivity contribution in [1.82, 2.24) is 10.2 Å². The van der Waals surface area contributed by atoms with Crippen molar-refractivity contribution >= 4 is 11.9 Å². The number of rotatable bonds is 5. The molecular weight excluding hydrogens is 306 g/mol. The van der Waals surface area contributed by atoms with E-state index in [1.807, 2.05) is 12.1 Å². The minimum Gasteiger partial charge on any atom is -0.497 e. The average Bonchev–Trinajstić information content (AvgIpc) is 2.65. The Morgan fingerprint density at radius 3 is 2.46 bits per heavy atom. The fraction of sp³-hybridized carbons (Fsp3) is 0.556. The number of methoxy groups -OCH3 is 2. The molecule has 0 aliphatic carbocycles. The van der Waals surface area contributed by atoms with Gasteiger partial charge in [-0.2, -0.15) is 0 Å². The van der Waals surface area contributed by atoms with E-state index in [0.717, 1.165) is 50.6 Å². The molecule has 0 unspecified atom stereocenters. The maximum atomic E-state index is 11.6. The van der Waals surface area contributed by atoms with Gasteiger partial charge in [-0.3, -0.25) is 9.79 Å². The average molecular weight is 333 g/mol. The summed E-state index contributed by atoms with van der Waals surface area (Å²) in [7, 11) is 4.92. The Labute approximate surface area is 143 Å². The van der Waals surface area contributed by atoms with Gasteiger partial charge in [0.25, 0.3) is 0 Å². The van der Waals surface area contributed by atoms with Crippen molar-refractivity contribution in [2.45, 2.75) is 19.3 Å².